The topological polar surface area (TPSA) is 95.7 Å². The Morgan fingerprint density at radius 3 is 2.76 bits per heavy atom. The van der Waals surface area contributed by atoms with E-state index in [4.69, 9.17) is 4.42 Å². The Hall–Kier alpha value is -0.810. The monoisotopic (exact) mass is 484 g/mol. The Labute approximate surface area is 167 Å². The molecule has 1 aliphatic carbocycles. The number of furan rings is 1. The van der Waals surface area contributed by atoms with E-state index in [1.807, 2.05) is 19.1 Å². The van der Waals surface area contributed by atoms with E-state index in [1.54, 1.807) is 6.26 Å². The van der Waals surface area contributed by atoms with Gasteiger partial charge in [-0.25, -0.2) is 13.1 Å². The summed E-state index contributed by atoms with van der Waals surface area (Å²) in [7, 11) is -3.25. The molecule has 3 N–H and O–H groups in total. The number of halogens is 1. The molecule has 0 aliphatic heterocycles. The second-order valence-electron chi connectivity index (χ2n) is 5.98. The first-order chi connectivity index (χ1) is 11.6. The number of aliphatic imine (C=N–C) groups is 1. The number of nitrogens with zero attached hydrogens (tertiary/aromatic N) is 1. The van der Waals surface area contributed by atoms with Crippen LogP contribution in [0.4, 0.5) is 0 Å². The molecule has 1 aromatic heterocycles. The van der Waals surface area contributed by atoms with Crippen LogP contribution in [0.2, 0.25) is 0 Å². The quantitative estimate of drug-likeness (QED) is 0.267. The maximum absolute atomic E-state index is 12.0. The normalized spacial score (nSPS) is 15.3. The summed E-state index contributed by atoms with van der Waals surface area (Å²) < 4.78 is 31.9. The molecule has 7 nitrogen and oxygen atoms in total. The molecule has 25 heavy (non-hydrogen) atoms. The molecule has 0 saturated heterocycles. The van der Waals surface area contributed by atoms with Gasteiger partial charge in [0, 0.05) is 26.1 Å². The van der Waals surface area contributed by atoms with E-state index in [-0.39, 0.29) is 36.3 Å². The molecule has 1 saturated carbocycles. The van der Waals surface area contributed by atoms with Crippen molar-refractivity contribution in [3.63, 3.8) is 0 Å². The molecular formula is C16H29IN4O3S. The Morgan fingerprint density at radius 1 is 1.36 bits per heavy atom. The van der Waals surface area contributed by atoms with Crippen LogP contribution < -0.4 is 15.4 Å². The zero-order valence-corrected chi connectivity index (χ0v) is 17.8. The van der Waals surface area contributed by atoms with Crippen LogP contribution in [0.1, 0.15) is 31.9 Å². The molecule has 144 valence electrons. The molecule has 0 atom stereocenters. The van der Waals surface area contributed by atoms with Crippen molar-refractivity contribution < 1.29 is 12.8 Å². The van der Waals surface area contributed by atoms with Crippen molar-refractivity contribution in [1.29, 1.82) is 0 Å². The van der Waals surface area contributed by atoms with Gasteiger partial charge in [-0.15, -0.1) is 24.0 Å². The third-order valence-electron chi connectivity index (χ3n) is 4.03. The van der Waals surface area contributed by atoms with Crippen LogP contribution >= 0.6 is 24.0 Å². The first kappa shape index (κ1) is 22.2. The van der Waals surface area contributed by atoms with Gasteiger partial charge in [-0.2, -0.15) is 0 Å². The van der Waals surface area contributed by atoms with Crippen LogP contribution in [-0.2, 0) is 16.4 Å². The van der Waals surface area contributed by atoms with Crippen LogP contribution in [0.25, 0.3) is 0 Å². The summed E-state index contributed by atoms with van der Waals surface area (Å²) in [5, 5.41) is 6.29. The summed E-state index contributed by atoms with van der Waals surface area (Å²) in [6.45, 7) is 4.16. The van der Waals surface area contributed by atoms with Crippen molar-refractivity contribution in [2.45, 2.75) is 32.6 Å². The van der Waals surface area contributed by atoms with Gasteiger partial charge in [0.15, 0.2) is 5.96 Å². The highest BCUT2D eigenvalue weighted by Crippen LogP contribution is 2.25. The molecular weight excluding hydrogens is 455 g/mol. The standard InChI is InChI=1S/C16H28N4O3S.HI/c1-2-17-16(18-9-8-15-7-4-11-23-15)19-10-12-24(21,22)20-13-14-5-3-6-14;/h4,7,11,14,20H,2-3,5-6,8-10,12-13H2,1H3,(H2,17,18,19);1H. The van der Waals surface area contributed by atoms with Crippen LogP contribution in [0.15, 0.2) is 27.8 Å². The molecule has 9 heteroatoms. The van der Waals surface area contributed by atoms with E-state index in [9.17, 15) is 8.42 Å². The Balaban J connectivity index is 0.00000312. The van der Waals surface area contributed by atoms with Gasteiger partial charge in [0.2, 0.25) is 10.0 Å². The van der Waals surface area contributed by atoms with E-state index in [2.05, 4.69) is 20.3 Å². The Bertz CT molecular complexity index is 601. The second kappa shape index (κ2) is 11.7. The van der Waals surface area contributed by atoms with Crippen molar-refractivity contribution in [1.82, 2.24) is 15.4 Å². The number of guanidine groups is 1. The summed E-state index contributed by atoms with van der Waals surface area (Å²) in [5.74, 6) is 2.05. The summed E-state index contributed by atoms with van der Waals surface area (Å²) in [6.07, 6.45) is 5.87. The van der Waals surface area contributed by atoms with Gasteiger partial charge in [-0.3, -0.25) is 4.99 Å². The molecule has 2 rings (SSSR count). The first-order valence-electron chi connectivity index (χ1n) is 8.61. The third-order valence-corrected chi connectivity index (χ3v) is 5.36. The highest BCUT2D eigenvalue weighted by atomic mass is 127. The van der Waals surface area contributed by atoms with E-state index >= 15 is 0 Å². The van der Waals surface area contributed by atoms with Gasteiger partial charge in [0.25, 0.3) is 0 Å². The van der Waals surface area contributed by atoms with Crippen molar-refractivity contribution in [3.8, 4) is 0 Å². The number of hydrogen-bond donors (Lipinski definition) is 3. The van der Waals surface area contributed by atoms with Crippen molar-refractivity contribution in [2.24, 2.45) is 10.9 Å². The summed E-state index contributed by atoms with van der Waals surface area (Å²) in [6, 6.07) is 3.78. The predicted octanol–water partition coefficient (Wildman–Crippen LogP) is 1.71. The highest BCUT2D eigenvalue weighted by Gasteiger charge is 2.19. The van der Waals surface area contributed by atoms with Crippen molar-refractivity contribution in [2.75, 3.05) is 31.9 Å². The maximum atomic E-state index is 12.0. The lowest BCUT2D eigenvalue weighted by atomic mass is 9.86. The van der Waals surface area contributed by atoms with Crippen LogP contribution in [-0.4, -0.2) is 46.3 Å². The lowest BCUT2D eigenvalue weighted by Gasteiger charge is -2.25. The number of hydrogen-bond acceptors (Lipinski definition) is 4. The average Bonchev–Trinajstić information content (AvgIpc) is 2.98. The molecule has 1 aromatic rings. The minimum atomic E-state index is -3.25. The van der Waals surface area contributed by atoms with Crippen molar-refractivity contribution in [3.05, 3.63) is 24.2 Å². The molecule has 0 bridgehead atoms. The summed E-state index contributed by atoms with van der Waals surface area (Å²) in [4.78, 5) is 4.32. The van der Waals surface area contributed by atoms with Gasteiger partial charge in [-0.1, -0.05) is 6.42 Å². The molecule has 0 unspecified atom stereocenters. The van der Waals surface area contributed by atoms with E-state index in [0.29, 0.717) is 25.0 Å². The maximum Gasteiger partial charge on any atom is 0.213 e. The minimum Gasteiger partial charge on any atom is -0.469 e. The lowest BCUT2D eigenvalue weighted by molar-refractivity contribution is 0.316. The number of sulfonamides is 1. The SMILES string of the molecule is CCNC(=NCCS(=O)(=O)NCC1CCC1)NCCc1ccco1.I. The zero-order chi connectivity index (χ0) is 17.3. The van der Waals surface area contributed by atoms with Crippen molar-refractivity contribution >= 4 is 40.0 Å². The summed E-state index contributed by atoms with van der Waals surface area (Å²) >= 11 is 0. The minimum absolute atomic E-state index is 0. The Morgan fingerprint density at radius 2 is 2.16 bits per heavy atom. The van der Waals surface area contributed by atoms with Gasteiger partial charge in [0.1, 0.15) is 5.76 Å². The second-order valence-corrected chi connectivity index (χ2v) is 7.91. The molecule has 0 spiro atoms. The molecule has 1 heterocycles. The van der Waals surface area contributed by atoms with E-state index in [1.165, 1.54) is 6.42 Å². The molecule has 1 fully saturated rings. The zero-order valence-electron chi connectivity index (χ0n) is 14.7. The summed E-state index contributed by atoms with van der Waals surface area (Å²) in [5.41, 5.74) is 0. The molecule has 0 radical (unpaired) electrons. The van der Waals surface area contributed by atoms with Crippen LogP contribution in [0.3, 0.4) is 0 Å². The van der Waals surface area contributed by atoms with Gasteiger partial charge in [0.05, 0.1) is 18.6 Å². The molecule has 1 aliphatic rings. The van der Waals surface area contributed by atoms with E-state index in [0.717, 1.165) is 31.6 Å². The van der Waals surface area contributed by atoms with E-state index < -0.39 is 10.0 Å². The first-order valence-corrected chi connectivity index (χ1v) is 10.3. The Kier molecular flexibility index (Phi) is 10.4. The average molecular weight is 484 g/mol. The highest BCUT2D eigenvalue weighted by molar-refractivity contribution is 14.0. The third kappa shape index (κ3) is 8.91. The fourth-order valence-corrected chi connectivity index (χ4v) is 3.36. The lowest BCUT2D eigenvalue weighted by Crippen LogP contribution is -2.39. The largest absolute Gasteiger partial charge is 0.469 e. The van der Waals surface area contributed by atoms with Gasteiger partial charge >= 0.3 is 0 Å². The van der Waals surface area contributed by atoms with Gasteiger partial charge in [-0.05, 0) is 37.8 Å². The number of rotatable bonds is 10. The molecule has 0 aromatic carbocycles. The van der Waals surface area contributed by atoms with Crippen LogP contribution in [0, 0.1) is 5.92 Å². The fourth-order valence-electron chi connectivity index (χ4n) is 2.39. The van der Waals surface area contributed by atoms with Gasteiger partial charge < -0.3 is 15.1 Å². The fraction of sp³-hybridized carbons (Fsp3) is 0.688. The molecule has 0 amide bonds. The predicted molar refractivity (Wildman–Crippen MR) is 111 cm³/mol. The smallest absolute Gasteiger partial charge is 0.213 e. The number of nitrogens with one attached hydrogen (secondary N) is 3. The van der Waals surface area contributed by atoms with Crippen LogP contribution in [0.5, 0.6) is 0 Å².